The van der Waals surface area contributed by atoms with Gasteiger partial charge in [0, 0.05) is 24.0 Å². The lowest BCUT2D eigenvalue weighted by Gasteiger charge is -2.29. The molecule has 144 valence electrons. The highest BCUT2D eigenvalue weighted by molar-refractivity contribution is 7.89. The molecule has 7 nitrogen and oxygen atoms in total. The number of nitrogens with zero attached hydrogens (tertiary/aromatic N) is 1. The summed E-state index contributed by atoms with van der Waals surface area (Å²) in [5, 5.41) is 15.1. The molecule has 2 aromatic rings. The fourth-order valence-corrected chi connectivity index (χ4v) is 5.53. The Morgan fingerprint density at radius 2 is 1.89 bits per heavy atom. The number of piperidine rings is 1. The summed E-state index contributed by atoms with van der Waals surface area (Å²) in [6, 6.07) is 7.21. The van der Waals surface area contributed by atoms with Gasteiger partial charge >= 0.3 is 0 Å². The molecule has 0 bridgehead atoms. The van der Waals surface area contributed by atoms with Gasteiger partial charge in [-0.25, -0.2) is 8.42 Å². The highest BCUT2D eigenvalue weighted by Crippen LogP contribution is 2.27. The van der Waals surface area contributed by atoms with Gasteiger partial charge in [0.2, 0.25) is 10.0 Å². The van der Waals surface area contributed by atoms with E-state index in [1.807, 2.05) is 0 Å². The molecule has 2 heterocycles. The Labute approximate surface area is 161 Å². The van der Waals surface area contributed by atoms with Crippen LogP contribution in [0.25, 0.3) is 0 Å². The van der Waals surface area contributed by atoms with Gasteiger partial charge in [-0.15, -0.1) is 11.3 Å². The number of amides is 1. The second kappa shape index (κ2) is 7.79. The number of hydrogen-bond donors (Lipinski definition) is 1. The fourth-order valence-electron chi connectivity index (χ4n) is 2.90. The van der Waals surface area contributed by atoms with Gasteiger partial charge in [-0.2, -0.15) is 4.31 Å². The first-order chi connectivity index (χ1) is 12.8. The minimum atomic E-state index is -3.63. The molecule has 1 saturated heterocycles. The second-order valence-electron chi connectivity index (χ2n) is 6.52. The maximum Gasteiger partial charge on any atom is 0.265 e. The molecule has 1 aromatic carbocycles. The zero-order chi connectivity index (χ0) is 19.6. The molecule has 1 aromatic heterocycles. The lowest BCUT2D eigenvalue weighted by atomic mass is 10.0. The Morgan fingerprint density at radius 1 is 1.22 bits per heavy atom. The van der Waals surface area contributed by atoms with Crippen molar-refractivity contribution in [1.29, 1.82) is 0 Å². The van der Waals surface area contributed by atoms with Gasteiger partial charge in [0.25, 0.3) is 5.91 Å². The molecule has 0 aliphatic carbocycles. The molecule has 1 aliphatic rings. The summed E-state index contributed by atoms with van der Waals surface area (Å²) >= 11 is 1.00. The van der Waals surface area contributed by atoms with Crippen molar-refractivity contribution in [3.05, 3.63) is 46.2 Å². The van der Waals surface area contributed by atoms with E-state index in [2.05, 4.69) is 12.2 Å². The van der Waals surface area contributed by atoms with Crippen molar-refractivity contribution >= 4 is 38.9 Å². The Hall–Kier alpha value is -2.23. The zero-order valence-electron chi connectivity index (χ0n) is 14.7. The molecular formula is C18H19N2O5S2-. The number of para-hydroxylation sites is 1. The predicted molar refractivity (Wildman–Crippen MR) is 100 cm³/mol. The average Bonchev–Trinajstić information content (AvgIpc) is 3.13. The van der Waals surface area contributed by atoms with Gasteiger partial charge in [0.15, 0.2) is 0 Å². The number of sulfonamides is 1. The molecule has 0 atom stereocenters. The lowest BCUT2D eigenvalue weighted by Crippen LogP contribution is -2.37. The SMILES string of the molecule is CC1CCN(S(=O)(=O)c2csc(C(=O)Nc3ccccc3C(=O)[O-])c2)CC1. The van der Waals surface area contributed by atoms with E-state index in [9.17, 15) is 23.1 Å². The molecular weight excluding hydrogens is 388 g/mol. The van der Waals surface area contributed by atoms with Crippen molar-refractivity contribution in [3.63, 3.8) is 0 Å². The van der Waals surface area contributed by atoms with E-state index in [-0.39, 0.29) is 21.0 Å². The normalized spacial score (nSPS) is 16.2. The minimum Gasteiger partial charge on any atom is -0.545 e. The molecule has 0 unspecified atom stereocenters. The third kappa shape index (κ3) is 4.20. The van der Waals surface area contributed by atoms with Crippen LogP contribution in [0.4, 0.5) is 5.69 Å². The largest absolute Gasteiger partial charge is 0.545 e. The number of thiophene rings is 1. The summed E-state index contributed by atoms with van der Waals surface area (Å²) in [6.45, 7) is 3.04. The molecule has 9 heteroatoms. The van der Waals surface area contributed by atoms with Crippen LogP contribution in [-0.4, -0.2) is 37.7 Å². The Kier molecular flexibility index (Phi) is 5.64. The molecule has 27 heavy (non-hydrogen) atoms. The van der Waals surface area contributed by atoms with E-state index < -0.39 is 21.9 Å². The zero-order valence-corrected chi connectivity index (χ0v) is 16.3. The average molecular weight is 407 g/mol. The van der Waals surface area contributed by atoms with Gasteiger partial charge < -0.3 is 15.2 Å². The molecule has 1 fully saturated rings. The second-order valence-corrected chi connectivity index (χ2v) is 9.37. The standard InChI is InChI=1S/C18H20N2O5S2/c1-12-6-8-20(9-7-12)27(24,25)13-10-16(26-11-13)17(21)19-15-5-3-2-4-14(15)18(22)23/h2-5,10-12H,6-9H2,1H3,(H,19,21)(H,22,23)/p-1. The number of anilines is 1. The van der Waals surface area contributed by atoms with E-state index in [0.29, 0.717) is 19.0 Å². The predicted octanol–water partition coefficient (Wildman–Crippen LogP) is 1.78. The molecule has 1 aliphatic heterocycles. The maximum absolute atomic E-state index is 12.7. The van der Waals surface area contributed by atoms with E-state index in [1.54, 1.807) is 6.07 Å². The monoisotopic (exact) mass is 407 g/mol. The number of rotatable bonds is 5. The topological polar surface area (TPSA) is 107 Å². The third-order valence-electron chi connectivity index (χ3n) is 4.57. The van der Waals surface area contributed by atoms with Gasteiger partial charge in [-0.05, 0) is 30.9 Å². The van der Waals surface area contributed by atoms with Gasteiger partial charge in [0.1, 0.15) is 0 Å². The van der Waals surface area contributed by atoms with Crippen molar-refractivity contribution in [2.24, 2.45) is 5.92 Å². The minimum absolute atomic E-state index is 0.0837. The molecule has 1 N–H and O–H groups in total. The Bertz CT molecular complexity index is 960. The first-order valence-electron chi connectivity index (χ1n) is 8.49. The number of carbonyl (C=O) groups excluding carboxylic acids is 2. The van der Waals surface area contributed by atoms with Crippen LogP contribution in [0.3, 0.4) is 0 Å². The van der Waals surface area contributed by atoms with Crippen LogP contribution in [0.15, 0.2) is 40.6 Å². The van der Waals surface area contributed by atoms with E-state index >= 15 is 0 Å². The van der Waals surface area contributed by atoms with E-state index in [1.165, 1.54) is 34.0 Å². The van der Waals surface area contributed by atoms with Crippen LogP contribution in [-0.2, 0) is 10.0 Å². The third-order valence-corrected chi connectivity index (χ3v) is 7.53. The molecule has 0 spiro atoms. The van der Waals surface area contributed by atoms with Gasteiger partial charge in [-0.3, -0.25) is 4.79 Å². The fraction of sp³-hybridized carbons (Fsp3) is 0.333. The Balaban J connectivity index is 1.77. The van der Waals surface area contributed by atoms with Gasteiger partial charge in [-0.1, -0.05) is 25.1 Å². The summed E-state index contributed by atoms with van der Waals surface area (Å²) in [6.07, 6.45) is 1.63. The highest BCUT2D eigenvalue weighted by Gasteiger charge is 2.29. The summed E-state index contributed by atoms with van der Waals surface area (Å²) in [5.41, 5.74) is -0.0389. The molecule has 0 saturated carbocycles. The van der Waals surface area contributed by atoms with Crippen LogP contribution in [0.5, 0.6) is 0 Å². The lowest BCUT2D eigenvalue weighted by molar-refractivity contribution is -0.254. The quantitative estimate of drug-likeness (QED) is 0.813. The van der Waals surface area contributed by atoms with Crippen LogP contribution >= 0.6 is 11.3 Å². The van der Waals surface area contributed by atoms with Crippen molar-refractivity contribution in [2.75, 3.05) is 18.4 Å². The first-order valence-corrected chi connectivity index (χ1v) is 10.8. The summed E-state index contributed by atoms with van der Waals surface area (Å²) in [7, 11) is -3.63. The summed E-state index contributed by atoms with van der Waals surface area (Å²) < 4.78 is 26.9. The van der Waals surface area contributed by atoms with E-state index in [0.717, 1.165) is 24.2 Å². The number of carbonyl (C=O) groups is 2. The molecule has 0 radical (unpaired) electrons. The highest BCUT2D eigenvalue weighted by atomic mass is 32.2. The number of hydrogen-bond acceptors (Lipinski definition) is 6. The number of carboxylic acid groups (broad SMARTS) is 1. The van der Waals surface area contributed by atoms with Crippen molar-refractivity contribution in [2.45, 2.75) is 24.7 Å². The maximum atomic E-state index is 12.7. The van der Waals surface area contributed by atoms with Crippen LogP contribution in [0.1, 0.15) is 39.8 Å². The molecule has 1 amide bonds. The van der Waals surface area contributed by atoms with Crippen molar-refractivity contribution < 1.29 is 23.1 Å². The van der Waals surface area contributed by atoms with Crippen LogP contribution in [0.2, 0.25) is 0 Å². The number of benzene rings is 1. The van der Waals surface area contributed by atoms with Crippen molar-refractivity contribution in [3.8, 4) is 0 Å². The van der Waals surface area contributed by atoms with E-state index in [4.69, 9.17) is 0 Å². The van der Waals surface area contributed by atoms with Gasteiger partial charge in [0.05, 0.1) is 21.4 Å². The number of nitrogens with one attached hydrogen (secondary N) is 1. The Morgan fingerprint density at radius 3 is 2.56 bits per heavy atom. The smallest absolute Gasteiger partial charge is 0.265 e. The first kappa shape index (κ1) is 19.5. The molecule has 3 rings (SSSR count). The van der Waals surface area contributed by atoms with Crippen molar-refractivity contribution in [1.82, 2.24) is 4.31 Å². The number of aromatic carboxylic acids is 1. The number of carboxylic acids is 1. The van der Waals surface area contributed by atoms with Crippen LogP contribution in [0, 0.1) is 5.92 Å². The van der Waals surface area contributed by atoms with Crippen LogP contribution < -0.4 is 10.4 Å². The summed E-state index contributed by atoms with van der Waals surface area (Å²) in [4.78, 5) is 23.8. The summed E-state index contributed by atoms with van der Waals surface area (Å²) in [5.74, 6) is -1.47.